The molecule has 102 valence electrons. The third-order valence-electron chi connectivity index (χ3n) is 3.70. The molecule has 0 heterocycles. The predicted octanol–water partition coefficient (Wildman–Crippen LogP) is 1.66. The average molecular weight is 268 g/mol. The lowest BCUT2D eigenvalue weighted by Crippen LogP contribution is -2.34. The maximum atomic E-state index is 12.3. The minimum atomic E-state index is -0.596. The largest absolute Gasteiger partial charge is 0.398 e. The molecule has 0 fully saturated rings. The van der Waals surface area contributed by atoms with Gasteiger partial charge in [0.1, 0.15) is 0 Å². The van der Waals surface area contributed by atoms with Crippen LogP contribution in [0, 0.1) is 0 Å². The molecule has 0 saturated heterocycles. The van der Waals surface area contributed by atoms with Gasteiger partial charge in [0.2, 0.25) is 0 Å². The van der Waals surface area contributed by atoms with Gasteiger partial charge in [-0.25, -0.2) is 0 Å². The molecule has 0 aliphatic heterocycles. The molecule has 3 rings (SSSR count). The van der Waals surface area contributed by atoms with Gasteiger partial charge < -0.3 is 16.2 Å². The summed E-state index contributed by atoms with van der Waals surface area (Å²) in [5, 5.41) is 13.0. The van der Waals surface area contributed by atoms with Crippen LogP contribution < -0.4 is 11.1 Å². The van der Waals surface area contributed by atoms with E-state index in [9.17, 15) is 9.90 Å². The molecule has 0 radical (unpaired) electrons. The number of hydrogen-bond acceptors (Lipinski definition) is 3. The lowest BCUT2D eigenvalue weighted by atomic mass is 10.1. The highest BCUT2D eigenvalue weighted by Gasteiger charge is 2.32. The molecule has 2 aromatic carbocycles. The van der Waals surface area contributed by atoms with Crippen molar-refractivity contribution in [3.05, 3.63) is 65.2 Å². The molecule has 0 bridgehead atoms. The van der Waals surface area contributed by atoms with Gasteiger partial charge in [-0.05, 0) is 23.3 Å². The van der Waals surface area contributed by atoms with E-state index in [2.05, 4.69) is 5.32 Å². The molecule has 2 atom stereocenters. The van der Waals surface area contributed by atoms with E-state index in [0.717, 1.165) is 11.1 Å². The summed E-state index contributed by atoms with van der Waals surface area (Å²) in [6.07, 6.45) is -0.0351. The maximum absolute atomic E-state index is 12.3. The maximum Gasteiger partial charge on any atom is 0.253 e. The van der Waals surface area contributed by atoms with Crippen molar-refractivity contribution in [3.8, 4) is 0 Å². The Hall–Kier alpha value is -2.33. The topological polar surface area (TPSA) is 75.4 Å². The fourth-order valence-electron chi connectivity index (χ4n) is 2.67. The van der Waals surface area contributed by atoms with Crippen LogP contribution in [0.15, 0.2) is 48.5 Å². The quantitative estimate of drug-likeness (QED) is 0.725. The number of aliphatic hydroxyl groups excluding tert-OH is 1. The number of nitrogens with one attached hydrogen (secondary N) is 1. The Labute approximate surface area is 117 Å². The number of amides is 1. The minimum absolute atomic E-state index is 0.260. The molecule has 4 nitrogen and oxygen atoms in total. The Kier molecular flexibility index (Phi) is 3.16. The number of nitrogen functional groups attached to an aromatic ring is 1. The highest BCUT2D eigenvalue weighted by Crippen LogP contribution is 2.31. The zero-order chi connectivity index (χ0) is 14.1. The second kappa shape index (κ2) is 4.98. The Morgan fingerprint density at radius 1 is 1.15 bits per heavy atom. The van der Waals surface area contributed by atoms with Gasteiger partial charge in [0.25, 0.3) is 5.91 Å². The van der Waals surface area contributed by atoms with Gasteiger partial charge >= 0.3 is 0 Å². The van der Waals surface area contributed by atoms with Crippen LogP contribution in [0.25, 0.3) is 0 Å². The van der Waals surface area contributed by atoms with Crippen LogP contribution >= 0.6 is 0 Å². The third kappa shape index (κ3) is 2.14. The Morgan fingerprint density at radius 3 is 2.65 bits per heavy atom. The molecule has 0 spiro atoms. The summed E-state index contributed by atoms with van der Waals surface area (Å²) in [6.45, 7) is 0. The Bertz CT molecular complexity index is 654. The number of nitrogens with two attached hydrogens (primary N) is 1. The van der Waals surface area contributed by atoms with E-state index in [1.807, 2.05) is 24.3 Å². The second-order valence-electron chi connectivity index (χ2n) is 5.01. The highest BCUT2D eigenvalue weighted by atomic mass is 16.3. The molecule has 0 aromatic heterocycles. The van der Waals surface area contributed by atoms with Crippen molar-refractivity contribution in [1.29, 1.82) is 0 Å². The number of rotatable bonds is 2. The molecular formula is C16H16N2O2. The number of carbonyl (C=O) groups excluding carboxylic acids is 1. The molecule has 2 aromatic rings. The lowest BCUT2D eigenvalue weighted by Gasteiger charge is -2.18. The highest BCUT2D eigenvalue weighted by molar-refractivity contribution is 5.99. The molecule has 4 heteroatoms. The van der Waals surface area contributed by atoms with Crippen LogP contribution in [0.4, 0.5) is 5.69 Å². The van der Waals surface area contributed by atoms with Crippen molar-refractivity contribution >= 4 is 11.6 Å². The van der Waals surface area contributed by atoms with Gasteiger partial charge in [-0.3, -0.25) is 4.79 Å². The van der Waals surface area contributed by atoms with E-state index in [1.165, 1.54) is 0 Å². The van der Waals surface area contributed by atoms with Crippen LogP contribution in [-0.2, 0) is 6.42 Å². The molecule has 1 amide bonds. The van der Waals surface area contributed by atoms with E-state index >= 15 is 0 Å². The first kappa shape index (κ1) is 12.7. The summed E-state index contributed by atoms with van der Waals surface area (Å²) in [5.41, 5.74) is 8.72. The van der Waals surface area contributed by atoms with E-state index < -0.39 is 6.10 Å². The first-order valence-corrected chi connectivity index (χ1v) is 6.58. The number of para-hydroxylation sites is 1. The molecule has 1 aliphatic carbocycles. The zero-order valence-electron chi connectivity index (χ0n) is 10.9. The smallest absolute Gasteiger partial charge is 0.253 e. The van der Waals surface area contributed by atoms with Crippen LogP contribution in [0.5, 0.6) is 0 Å². The fourth-order valence-corrected chi connectivity index (χ4v) is 2.67. The summed E-state index contributed by atoms with van der Waals surface area (Å²) in [4.78, 5) is 12.3. The van der Waals surface area contributed by atoms with Gasteiger partial charge in [0.15, 0.2) is 0 Å². The van der Waals surface area contributed by atoms with Crippen molar-refractivity contribution in [2.24, 2.45) is 0 Å². The van der Waals surface area contributed by atoms with Crippen LogP contribution in [0.1, 0.15) is 27.5 Å². The van der Waals surface area contributed by atoms with Crippen molar-refractivity contribution in [2.75, 3.05) is 5.73 Å². The number of fused-ring (bicyclic) bond motifs is 1. The van der Waals surface area contributed by atoms with Crippen LogP contribution in [0.2, 0.25) is 0 Å². The fraction of sp³-hybridized carbons (Fsp3) is 0.188. The molecule has 4 N–H and O–H groups in total. The van der Waals surface area contributed by atoms with Crippen molar-refractivity contribution in [1.82, 2.24) is 5.32 Å². The summed E-state index contributed by atoms with van der Waals surface area (Å²) < 4.78 is 0. The van der Waals surface area contributed by atoms with Crippen molar-refractivity contribution in [2.45, 2.75) is 18.6 Å². The van der Waals surface area contributed by atoms with Gasteiger partial charge in [-0.15, -0.1) is 0 Å². The molecule has 1 aliphatic rings. The van der Waals surface area contributed by atoms with E-state index in [-0.39, 0.29) is 11.9 Å². The second-order valence-corrected chi connectivity index (χ2v) is 5.01. The van der Waals surface area contributed by atoms with E-state index in [0.29, 0.717) is 17.7 Å². The number of benzene rings is 2. The molecular weight excluding hydrogens is 252 g/mol. The van der Waals surface area contributed by atoms with Gasteiger partial charge in [-0.1, -0.05) is 36.4 Å². The number of aliphatic hydroxyl groups is 1. The van der Waals surface area contributed by atoms with Crippen molar-refractivity contribution < 1.29 is 9.90 Å². The zero-order valence-corrected chi connectivity index (χ0v) is 10.9. The Morgan fingerprint density at radius 2 is 1.85 bits per heavy atom. The number of hydrogen-bond donors (Lipinski definition) is 3. The van der Waals surface area contributed by atoms with E-state index in [1.54, 1.807) is 24.3 Å². The summed E-state index contributed by atoms with van der Waals surface area (Å²) >= 11 is 0. The summed E-state index contributed by atoms with van der Waals surface area (Å²) in [5.74, 6) is -0.260. The molecule has 0 unspecified atom stereocenters. The third-order valence-corrected chi connectivity index (χ3v) is 3.70. The summed E-state index contributed by atoms with van der Waals surface area (Å²) in [6, 6.07) is 14.3. The minimum Gasteiger partial charge on any atom is -0.398 e. The Balaban J connectivity index is 1.85. The summed E-state index contributed by atoms with van der Waals surface area (Å²) in [7, 11) is 0. The van der Waals surface area contributed by atoms with Crippen molar-refractivity contribution in [3.63, 3.8) is 0 Å². The first-order valence-electron chi connectivity index (χ1n) is 6.58. The SMILES string of the molecule is Nc1ccccc1C(=O)N[C@@H]1c2ccccc2C[C@@H]1O. The first-order chi connectivity index (χ1) is 9.66. The number of carbonyl (C=O) groups is 1. The normalized spacial score (nSPS) is 20.4. The van der Waals surface area contributed by atoms with Gasteiger partial charge in [-0.2, -0.15) is 0 Å². The monoisotopic (exact) mass is 268 g/mol. The van der Waals surface area contributed by atoms with Crippen LogP contribution in [0.3, 0.4) is 0 Å². The van der Waals surface area contributed by atoms with Gasteiger partial charge in [0, 0.05) is 12.1 Å². The average Bonchev–Trinajstić information content (AvgIpc) is 2.76. The van der Waals surface area contributed by atoms with Crippen LogP contribution in [-0.4, -0.2) is 17.1 Å². The van der Waals surface area contributed by atoms with E-state index in [4.69, 9.17) is 5.73 Å². The molecule has 0 saturated carbocycles. The number of anilines is 1. The lowest BCUT2D eigenvalue weighted by molar-refractivity contribution is 0.0859. The standard InChI is InChI=1S/C16H16N2O2/c17-13-8-4-3-7-12(13)16(20)18-15-11-6-2-1-5-10(11)9-14(15)19/h1-8,14-15,19H,9,17H2,(H,18,20)/t14-,15+/m0/s1. The predicted molar refractivity (Wildman–Crippen MR) is 77.2 cm³/mol. The molecule has 20 heavy (non-hydrogen) atoms. The van der Waals surface area contributed by atoms with Gasteiger partial charge in [0.05, 0.1) is 17.7 Å².